The van der Waals surface area contributed by atoms with Gasteiger partial charge >= 0.3 is 0 Å². The molecule has 0 aliphatic rings. The Balaban J connectivity index is 1.72. The first kappa shape index (κ1) is 15.8. The van der Waals surface area contributed by atoms with E-state index in [0.717, 1.165) is 23.0 Å². The molecule has 118 valence electrons. The van der Waals surface area contributed by atoms with Crippen LogP contribution in [0.2, 0.25) is 0 Å². The Morgan fingerprint density at radius 2 is 1.87 bits per heavy atom. The van der Waals surface area contributed by atoms with Gasteiger partial charge in [0.25, 0.3) is 0 Å². The summed E-state index contributed by atoms with van der Waals surface area (Å²) in [6, 6.07) is 18.6. The summed E-state index contributed by atoms with van der Waals surface area (Å²) >= 11 is 1.75. The van der Waals surface area contributed by atoms with Gasteiger partial charge in [0.2, 0.25) is 0 Å². The van der Waals surface area contributed by atoms with Gasteiger partial charge in [-0.15, -0.1) is 0 Å². The summed E-state index contributed by atoms with van der Waals surface area (Å²) in [6.45, 7) is 1.51. The number of nitrogens with zero attached hydrogens (tertiary/aromatic N) is 2. The lowest BCUT2D eigenvalue weighted by Gasteiger charge is -2.07. The minimum absolute atomic E-state index is 0.688. The highest BCUT2D eigenvalue weighted by Crippen LogP contribution is 2.24. The van der Waals surface area contributed by atoms with Gasteiger partial charge in [-0.05, 0) is 17.7 Å². The third-order valence-electron chi connectivity index (χ3n) is 3.56. The van der Waals surface area contributed by atoms with E-state index in [9.17, 15) is 0 Å². The van der Waals surface area contributed by atoms with Crippen LogP contribution in [0.3, 0.4) is 0 Å². The van der Waals surface area contributed by atoms with Crippen molar-refractivity contribution in [1.82, 2.24) is 9.55 Å². The average Bonchev–Trinajstić information content (AvgIpc) is 2.95. The second-order valence-electron chi connectivity index (χ2n) is 5.15. The maximum atomic E-state index is 5.23. The van der Waals surface area contributed by atoms with Crippen molar-refractivity contribution in [3.63, 3.8) is 0 Å². The van der Waals surface area contributed by atoms with Crippen molar-refractivity contribution in [2.45, 2.75) is 11.7 Å². The first-order valence-electron chi connectivity index (χ1n) is 7.67. The Morgan fingerprint density at radius 1 is 1.09 bits per heavy atom. The van der Waals surface area contributed by atoms with Gasteiger partial charge in [-0.2, -0.15) is 0 Å². The lowest BCUT2D eigenvalue weighted by atomic mass is 10.2. The molecule has 1 aromatic heterocycles. The molecule has 0 atom stereocenters. The van der Waals surface area contributed by atoms with Gasteiger partial charge in [-0.1, -0.05) is 66.4 Å². The fourth-order valence-electron chi connectivity index (χ4n) is 2.43. The molecule has 0 unspecified atom stereocenters. The topological polar surface area (TPSA) is 27.1 Å². The summed E-state index contributed by atoms with van der Waals surface area (Å²) in [5.74, 6) is 0.894. The van der Waals surface area contributed by atoms with Crippen LogP contribution in [0.5, 0.6) is 0 Å². The van der Waals surface area contributed by atoms with E-state index in [4.69, 9.17) is 9.72 Å². The molecule has 23 heavy (non-hydrogen) atoms. The van der Waals surface area contributed by atoms with E-state index in [-0.39, 0.29) is 0 Å². The van der Waals surface area contributed by atoms with Crippen molar-refractivity contribution in [3.05, 3.63) is 66.2 Å². The molecular formula is C19H20N2OS. The monoisotopic (exact) mass is 324 g/mol. The number of rotatable bonds is 7. The second-order valence-corrected chi connectivity index (χ2v) is 6.14. The van der Waals surface area contributed by atoms with Gasteiger partial charge in [-0.25, -0.2) is 4.98 Å². The molecule has 0 amide bonds. The number of hydrogen-bond donors (Lipinski definition) is 0. The van der Waals surface area contributed by atoms with Crippen molar-refractivity contribution in [2.75, 3.05) is 19.5 Å². The molecule has 4 heteroatoms. The number of ether oxygens (including phenoxy) is 1. The van der Waals surface area contributed by atoms with Crippen LogP contribution in [-0.2, 0) is 11.3 Å². The molecule has 0 N–H and O–H groups in total. The van der Waals surface area contributed by atoms with Gasteiger partial charge < -0.3 is 9.30 Å². The zero-order valence-corrected chi connectivity index (χ0v) is 14.0. The summed E-state index contributed by atoms with van der Waals surface area (Å²) in [4.78, 5) is 4.75. The fraction of sp³-hybridized carbons (Fsp3) is 0.211. The number of para-hydroxylation sites is 2. The molecular weight excluding hydrogens is 304 g/mol. The molecule has 3 rings (SSSR count). The molecule has 0 fully saturated rings. The molecule has 2 aromatic carbocycles. The van der Waals surface area contributed by atoms with E-state index in [1.54, 1.807) is 18.9 Å². The average molecular weight is 324 g/mol. The Hall–Kier alpha value is -2.04. The number of imidazole rings is 1. The van der Waals surface area contributed by atoms with Gasteiger partial charge in [0.1, 0.15) is 0 Å². The quantitative estimate of drug-likeness (QED) is 0.599. The molecule has 3 nitrogen and oxygen atoms in total. The molecule has 0 aliphatic carbocycles. The molecule has 0 bridgehead atoms. The first-order valence-corrected chi connectivity index (χ1v) is 8.65. The highest BCUT2D eigenvalue weighted by atomic mass is 32.2. The molecule has 0 radical (unpaired) electrons. The Morgan fingerprint density at radius 3 is 2.70 bits per heavy atom. The van der Waals surface area contributed by atoms with Crippen LogP contribution in [0.4, 0.5) is 0 Å². The van der Waals surface area contributed by atoms with Crippen LogP contribution in [0.15, 0.2) is 65.8 Å². The number of methoxy groups -OCH3 is 1. The number of aromatic nitrogens is 2. The van der Waals surface area contributed by atoms with Crippen molar-refractivity contribution in [2.24, 2.45) is 0 Å². The number of fused-ring (bicyclic) bond motifs is 1. The van der Waals surface area contributed by atoms with Gasteiger partial charge in [0.15, 0.2) is 5.16 Å². The summed E-state index contributed by atoms with van der Waals surface area (Å²) in [5.41, 5.74) is 3.43. The standard InChI is InChI=1S/C19H20N2OS/c1-22-14-13-21-18-12-6-5-11-17(18)20-19(21)23-15-7-10-16-8-3-2-4-9-16/h2-12H,13-15H2,1H3. The summed E-state index contributed by atoms with van der Waals surface area (Å²) in [7, 11) is 1.73. The van der Waals surface area contributed by atoms with Crippen molar-refractivity contribution < 1.29 is 4.74 Å². The van der Waals surface area contributed by atoms with E-state index in [1.165, 1.54) is 11.1 Å². The molecule has 0 aliphatic heterocycles. The predicted molar refractivity (Wildman–Crippen MR) is 97.8 cm³/mol. The van der Waals surface area contributed by atoms with Gasteiger partial charge in [0.05, 0.1) is 17.6 Å². The SMILES string of the molecule is COCCn1c(SCC=Cc2ccccc2)nc2ccccc21. The summed E-state index contributed by atoms with van der Waals surface area (Å²) in [5, 5.41) is 1.04. The second kappa shape index (κ2) is 7.99. The maximum absolute atomic E-state index is 5.23. The molecule has 0 saturated carbocycles. The summed E-state index contributed by atoms with van der Waals surface area (Å²) in [6.07, 6.45) is 4.33. The highest BCUT2D eigenvalue weighted by molar-refractivity contribution is 7.99. The van der Waals surface area contributed by atoms with Crippen LogP contribution >= 0.6 is 11.8 Å². The molecule has 0 saturated heterocycles. The minimum Gasteiger partial charge on any atom is -0.383 e. The van der Waals surface area contributed by atoms with E-state index < -0.39 is 0 Å². The Kier molecular flexibility index (Phi) is 5.51. The van der Waals surface area contributed by atoms with Crippen LogP contribution in [0.25, 0.3) is 17.1 Å². The maximum Gasteiger partial charge on any atom is 0.169 e. The largest absolute Gasteiger partial charge is 0.383 e. The highest BCUT2D eigenvalue weighted by Gasteiger charge is 2.09. The van der Waals surface area contributed by atoms with Crippen LogP contribution < -0.4 is 0 Å². The Bertz CT molecular complexity index is 780. The normalized spacial score (nSPS) is 11.5. The molecule has 0 spiro atoms. The van der Waals surface area contributed by atoms with Crippen LogP contribution in [-0.4, -0.2) is 29.0 Å². The Labute approximate surface area is 141 Å². The first-order chi connectivity index (χ1) is 11.4. The lowest BCUT2D eigenvalue weighted by molar-refractivity contribution is 0.186. The third kappa shape index (κ3) is 4.03. The van der Waals surface area contributed by atoms with Gasteiger partial charge in [0, 0.05) is 19.4 Å². The number of hydrogen-bond acceptors (Lipinski definition) is 3. The minimum atomic E-state index is 0.688. The molecule has 3 aromatic rings. The van der Waals surface area contributed by atoms with Crippen molar-refractivity contribution in [3.8, 4) is 0 Å². The number of thioether (sulfide) groups is 1. The zero-order valence-electron chi connectivity index (χ0n) is 13.2. The van der Waals surface area contributed by atoms with E-state index in [1.807, 2.05) is 12.1 Å². The summed E-state index contributed by atoms with van der Waals surface area (Å²) < 4.78 is 7.47. The van der Waals surface area contributed by atoms with E-state index in [2.05, 4.69) is 59.2 Å². The molecule has 1 heterocycles. The van der Waals surface area contributed by atoms with Crippen molar-refractivity contribution in [1.29, 1.82) is 0 Å². The van der Waals surface area contributed by atoms with Crippen molar-refractivity contribution >= 4 is 28.9 Å². The zero-order chi connectivity index (χ0) is 15.9. The number of benzene rings is 2. The smallest absolute Gasteiger partial charge is 0.169 e. The van der Waals surface area contributed by atoms with E-state index in [0.29, 0.717) is 6.61 Å². The van der Waals surface area contributed by atoms with E-state index >= 15 is 0 Å². The van der Waals surface area contributed by atoms with Gasteiger partial charge in [-0.3, -0.25) is 0 Å². The fourth-order valence-corrected chi connectivity index (χ4v) is 3.28. The van der Waals surface area contributed by atoms with Crippen LogP contribution in [0.1, 0.15) is 5.56 Å². The van der Waals surface area contributed by atoms with Crippen LogP contribution in [0, 0.1) is 0 Å². The lowest BCUT2D eigenvalue weighted by Crippen LogP contribution is -2.05. The third-order valence-corrected chi connectivity index (χ3v) is 4.49. The predicted octanol–water partition coefficient (Wildman–Crippen LogP) is 4.49.